The number of carbonyl (C=O) groups is 3. The second-order valence-corrected chi connectivity index (χ2v) is 9.67. The molecule has 0 aromatic heterocycles. The van der Waals surface area contributed by atoms with E-state index in [0.29, 0.717) is 5.02 Å². The van der Waals surface area contributed by atoms with Crippen molar-refractivity contribution in [3.8, 4) is 0 Å². The fourth-order valence-electron chi connectivity index (χ4n) is 4.15. The van der Waals surface area contributed by atoms with Gasteiger partial charge in [-0.25, -0.2) is 22.0 Å². The van der Waals surface area contributed by atoms with Crippen LogP contribution in [0, 0.1) is 29.1 Å². The third kappa shape index (κ3) is 8.20. The van der Waals surface area contributed by atoms with Crippen LogP contribution >= 0.6 is 11.6 Å². The van der Waals surface area contributed by atoms with Gasteiger partial charge in [-0.3, -0.25) is 9.59 Å². The molecule has 0 aliphatic carbocycles. The van der Waals surface area contributed by atoms with Crippen molar-refractivity contribution in [2.24, 2.45) is 0 Å². The molecule has 5 N–H and O–H groups in total. The Labute approximate surface area is 267 Å². The number of hydrogen-bond donors (Lipinski definition) is 5. The van der Waals surface area contributed by atoms with Crippen LogP contribution in [0.15, 0.2) is 24.3 Å². The summed E-state index contributed by atoms with van der Waals surface area (Å²) in [5, 5.41) is 48.9. The summed E-state index contributed by atoms with van der Waals surface area (Å²) in [6.07, 6.45) is -9.31. The maximum atomic E-state index is 14.2. The van der Waals surface area contributed by atoms with Crippen LogP contribution in [0.3, 0.4) is 0 Å². The molecule has 1 aliphatic heterocycles. The second-order valence-electron chi connectivity index (χ2n) is 9.23. The van der Waals surface area contributed by atoms with E-state index in [4.69, 9.17) is 21.1 Å². The van der Waals surface area contributed by atoms with E-state index in [9.17, 15) is 56.8 Å². The number of carbonyl (C=O) groups excluding carboxylic acids is 3. The molecule has 0 radical (unpaired) electrons. The summed E-state index contributed by atoms with van der Waals surface area (Å²) in [5.74, 6) is -18.9. The molecular formula is C25H23ClF5N2NaO9. The van der Waals surface area contributed by atoms with E-state index in [-0.39, 0.29) is 35.1 Å². The van der Waals surface area contributed by atoms with Crippen molar-refractivity contribution in [2.45, 2.75) is 56.2 Å². The van der Waals surface area contributed by atoms with Gasteiger partial charge in [0.05, 0.1) is 30.4 Å². The number of aliphatic hydroxyl groups excluding tert-OH is 3. The largest absolute Gasteiger partial charge is 1.00 e. The van der Waals surface area contributed by atoms with Crippen LogP contribution in [0.25, 0.3) is 0 Å². The van der Waals surface area contributed by atoms with Gasteiger partial charge in [0.2, 0.25) is 17.5 Å². The molecule has 0 unspecified atom stereocenters. The maximum Gasteiger partial charge on any atom is 1.00 e. The van der Waals surface area contributed by atoms with Gasteiger partial charge in [0.1, 0.15) is 18.2 Å². The molecule has 6 atom stereocenters. The van der Waals surface area contributed by atoms with Crippen molar-refractivity contribution in [1.29, 1.82) is 0 Å². The molecule has 3 rings (SSSR count). The first kappa shape index (κ1) is 36.8. The molecule has 2 aromatic rings. The quantitative estimate of drug-likeness (QED) is 0.0769. The fraction of sp³-hybridized carbons (Fsp3) is 0.400. The predicted octanol–water partition coefficient (Wildman–Crippen LogP) is -3.19. The van der Waals surface area contributed by atoms with E-state index in [2.05, 4.69) is 10.6 Å². The first-order valence-electron chi connectivity index (χ1n) is 12.0. The third-order valence-electron chi connectivity index (χ3n) is 6.31. The number of carboxylic acids is 1. The van der Waals surface area contributed by atoms with Gasteiger partial charge in [-0.2, -0.15) is 0 Å². The summed E-state index contributed by atoms with van der Waals surface area (Å²) < 4.78 is 79.1. The second kappa shape index (κ2) is 15.0. The van der Waals surface area contributed by atoms with Gasteiger partial charge >= 0.3 is 29.6 Å². The molecule has 1 saturated heterocycles. The Bertz CT molecular complexity index is 1330. The van der Waals surface area contributed by atoms with Gasteiger partial charge in [0.15, 0.2) is 23.3 Å². The monoisotopic (exact) mass is 648 g/mol. The van der Waals surface area contributed by atoms with Gasteiger partial charge in [0.25, 0.3) is 5.91 Å². The number of benzene rings is 2. The van der Waals surface area contributed by atoms with Crippen LogP contribution in [0.1, 0.15) is 29.3 Å². The Kier molecular flexibility index (Phi) is 12.9. The molecule has 1 aliphatic rings. The Balaban J connectivity index is 0.00000645. The zero-order valence-electron chi connectivity index (χ0n) is 22.4. The maximum absolute atomic E-state index is 14.2. The summed E-state index contributed by atoms with van der Waals surface area (Å²) >= 11 is 5.76. The molecular weight excluding hydrogens is 626 g/mol. The van der Waals surface area contributed by atoms with Crippen LogP contribution in [0.5, 0.6) is 0 Å². The zero-order chi connectivity index (χ0) is 31.5. The van der Waals surface area contributed by atoms with Crippen molar-refractivity contribution in [3.05, 3.63) is 69.5 Å². The summed E-state index contributed by atoms with van der Waals surface area (Å²) in [7, 11) is 0. The van der Waals surface area contributed by atoms with E-state index < -0.39 is 108 Å². The molecule has 18 heteroatoms. The van der Waals surface area contributed by atoms with Crippen molar-refractivity contribution in [3.63, 3.8) is 0 Å². The standard InChI is InChI=1S/C25H24ClF5N2O9.Na/c1-9(34)33-20-13(35)6-25(24(39)40,41-8-12-15(27)17(29)19(31)18(30)16(12)28)42-22(20)21(37)14(36)7-32-23(38)10-2-4-11(26)5-3-10;/h2-5,13-14,20-22,35-37H,6-8H2,1H3,(H,32,38)(H,33,34)(H,39,40);/q;+1/p-1/t13-,14+,20+,21-,22+,25+;/m0./s1. The molecule has 1 fully saturated rings. The number of ether oxygens (including phenoxy) is 2. The van der Waals surface area contributed by atoms with E-state index in [1.807, 2.05) is 0 Å². The van der Waals surface area contributed by atoms with E-state index in [1.165, 1.54) is 24.3 Å². The first-order valence-corrected chi connectivity index (χ1v) is 12.4. The predicted molar refractivity (Wildman–Crippen MR) is 128 cm³/mol. The SMILES string of the molecule is CC(=O)N[C@H]1[C@H]([C@@H](O)[C@H](O)CNC(=O)c2ccc(Cl)cc2)O[C@@](OCc2c(F)c(F)c(F)c(F)c2F)(C(=O)[O-])C[C@@H]1O.[Na+]. The number of aliphatic hydroxyl groups is 3. The number of aliphatic carboxylic acids is 1. The average Bonchev–Trinajstić information content (AvgIpc) is 2.94. The smallest absolute Gasteiger partial charge is 0.544 e. The first-order chi connectivity index (χ1) is 19.6. The fourth-order valence-corrected chi connectivity index (χ4v) is 4.27. The van der Waals surface area contributed by atoms with E-state index in [1.54, 1.807) is 0 Å². The van der Waals surface area contributed by atoms with Gasteiger partial charge in [0, 0.05) is 30.5 Å². The number of carboxylic acid groups (broad SMARTS) is 1. The van der Waals surface area contributed by atoms with E-state index >= 15 is 0 Å². The van der Waals surface area contributed by atoms with Crippen LogP contribution in [-0.2, 0) is 25.7 Å². The number of hydrogen-bond acceptors (Lipinski definition) is 9. The summed E-state index contributed by atoms with van der Waals surface area (Å²) in [4.78, 5) is 36.2. The molecule has 0 bridgehead atoms. The molecule has 0 spiro atoms. The molecule has 1 heterocycles. The number of halogens is 6. The van der Waals surface area contributed by atoms with Crippen molar-refractivity contribution < 1.29 is 95.8 Å². The summed E-state index contributed by atoms with van der Waals surface area (Å²) in [6, 6.07) is 3.88. The van der Waals surface area contributed by atoms with Crippen molar-refractivity contribution >= 4 is 29.4 Å². The normalized spacial score (nSPS) is 23.1. The minimum absolute atomic E-state index is 0. The Morgan fingerprint density at radius 2 is 1.60 bits per heavy atom. The van der Waals surface area contributed by atoms with Crippen LogP contribution in [0.2, 0.25) is 5.02 Å². The minimum atomic E-state index is -3.20. The molecule has 2 aromatic carbocycles. The zero-order valence-corrected chi connectivity index (χ0v) is 25.1. The summed E-state index contributed by atoms with van der Waals surface area (Å²) in [5.41, 5.74) is -1.48. The molecule has 0 saturated carbocycles. The van der Waals surface area contributed by atoms with Crippen LogP contribution in [0.4, 0.5) is 22.0 Å². The van der Waals surface area contributed by atoms with Gasteiger partial charge in [-0.1, -0.05) is 11.6 Å². The molecule has 2 amide bonds. The molecule has 11 nitrogen and oxygen atoms in total. The van der Waals surface area contributed by atoms with Gasteiger partial charge in [-0.05, 0) is 24.3 Å². The topological polar surface area (TPSA) is 177 Å². The van der Waals surface area contributed by atoms with E-state index in [0.717, 1.165) is 6.92 Å². The molecule has 43 heavy (non-hydrogen) atoms. The van der Waals surface area contributed by atoms with Gasteiger partial charge < -0.3 is 45.3 Å². The summed E-state index contributed by atoms with van der Waals surface area (Å²) in [6.45, 7) is -1.31. The Hall–Kier alpha value is -2.41. The number of nitrogens with one attached hydrogen (secondary N) is 2. The van der Waals surface area contributed by atoms with Crippen LogP contribution in [-0.4, -0.2) is 75.9 Å². The van der Waals surface area contributed by atoms with Gasteiger partial charge in [-0.15, -0.1) is 0 Å². The van der Waals surface area contributed by atoms with Crippen molar-refractivity contribution in [1.82, 2.24) is 10.6 Å². The number of rotatable bonds is 10. The Morgan fingerprint density at radius 1 is 1.07 bits per heavy atom. The van der Waals surface area contributed by atoms with Crippen LogP contribution < -0.4 is 45.3 Å². The third-order valence-corrected chi connectivity index (χ3v) is 6.57. The average molecular weight is 649 g/mol. The minimum Gasteiger partial charge on any atom is -0.544 e. The Morgan fingerprint density at radius 3 is 2.12 bits per heavy atom. The van der Waals surface area contributed by atoms with Crippen molar-refractivity contribution in [2.75, 3.05) is 6.54 Å². The molecule has 230 valence electrons. The number of amides is 2.